The van der Waals surface area contributed by atoms with E-state index in [4.69, 9.17) is 9.97 Å². The van der Waals surface area contributed by atoms with Crippen LogP contribution in [0.25, 0.3) is 33.6 Å². The predicted octanol–water partition coefficient (Wildman–Crippen LogP) is 9.87. The van der Waals surface area contributed by atoms with E-state index >= 15 is 0 Å². The zero-order valence-corrected chi connectivity index (χ0v) is 32.5. The van der Waals surface area contributed by atoms with Crippen LogP contribution in [-0.2, 0) is 22.4 Å². The van der Waals surface area contributed by atoms with Crippen LogP contribution in [0.4, 0.5) is 0 Å². The lowest BCUT2D eigenvalue weighted by molar-refractivity contribution is -0.132. The largest absolute Gasteiger partial charge is 0.340 e. The fourth-order valence-electron chi connectivity index (χ4n) is 8.03. The maximum atomic E-state index is 13.2. The number of likely N-dealkylation sites (tertiary alicyclic amines) is 2. The number of amides is 2. The molecule has 276 valence electrons. The molecule has 2 aromatic carbocycles. The molecule has 2 aliphatic heterocycles. The van der Waals surface area contributed by atoms with Gasteiger partial charge in [0.15, 0.2) is 0 Å². The topological polar surface area (TPSA) is 98.0 Å². The summed E-state index contributed by atoms with van der Waals surface area (Å²) in [6.45, 7) is 5.90. The molecule has 2 aliphatic rings. The number of aromatic nitrogens is 4. The highest BCUT2D eigenvalue weighted by Gasteiger charge is 2.33. The van der Waals surface area contributed by atoms with Crippen LogP contribution in [-0.4, -0.2) is 54.6 Å². The highest BCUT2D eigenvalue weighted by Crippen LogP contribution is 2.37. The smallest absolute Gasteiger partial charge is 0.223 e. The number of hydrogen-bond acceptors (Lipinski definition) is 6. The molecule has 0 aliphatic carbocycles. The van der Waals surface area contributed by atoms with E-state index in [2.05, 4.69) is 107 Å². The third-order valence-corrected chi connectivity index (χ3v) is 12.6. The summed E-state index contributed by atoms with van der Waals surface area (Å²) in [4.78, 5) is 47.0. The fraction of sp³-hybridized carbons (Fsp3) is 0.318. The number of carbonyl (C=O) groups is 2. The van der Waals surface area contributed by atoms with Gasteiger partial charge in [0, 0.05) is 31.5 Å². The van der Waals surface area contributed by atoms with E-state index in [-0.39, 0.29) is 23.9 Å². The van der Waals surface area contributed by atoms with Crippen molar-refractivity contribution in [2.24, 2.45) is 0 Å². The Balaban J connectivity index is 0.907. The predicted molar refractivity (Wildman–Crippen MR) is 218 cm³/mol. The second-order valence-corrected chi connectivity index (χ2v) is 16.1. The van der Waals surface area contributed by atoms with Gasteiger partial charge in [-0.15, -0.1) is 0 Å². The monoisotopic (exact) mass is 754 g/mol. The lowest BCUT2D eigenvalue weighted by atomic mass is 9.92. The molecular weight excluding hydrogens is 709 g/mol. The zero-order chi connectivity index (χ0) is 37.0. The second kappa shape index (κ2) is 16.3. The average molecular weight is 755 g/mol. The number of nitrogens with one attached hydrogen (secondary N) is 2. The first-order valence-corrected chi connectivity index (χ1v) is 20.9. The summed E-state index contributed by atoms with van der Waals surface area (Å²) in [5.41, 5.74) is 11.4. The molecule has 0 spiro atoms. The number of imidazole rings is 2. The highest BCUT2D eigenvalue weighted by molar-refractivity contribution is 7.08. The average Bonchev–Trinajstić information content (AvgIpc) is 4.03. The summed E-state index contributed by atoms with van der Waals surface area (Å²) < 4.78 is 0. The molecule has 8 nitrogen and oxygen atoms in total. The molecule has 2 saturated heterocycles. The molecule has 6 aromatic rings. The number of aromatic amines is 2. The number of thiophene rings is 2. The minimum atomic E-state index is -0.0178. The lowest BCUT2D eigenvalue weighted by Crippen LogP contribution is -2.31. The molecule has 0 bridgehead atoms. The van der Waals surface area contributed by atoms with Crippen molar-refractivity contribution in [3.8, 4) is 33.6 Å². The van der Waals surface area contributed by atoms with E-state index in [9.17, 15) is 9.59 Å². The minimum Gasteiger partial charge on any atom is -0.340 e. The second-order valence-electron chi connectivity index (χ2n) is 14.5. The SMILES string of the molecule is Cc1c(-c2ccc(-c3cnc(C4CCCN4C(=O)C[CH]Cc4ccsc4)[nH]3)cc2)ccc(-c2cnc([C@@H]3CCCN3C(=O)C[CH]Cc3ccsc3)[nH]2)c1C. The Hall–Kier alpha value is -4.80. The maximum absolute atomic E-state index is 13.2. The molecule has 2 amide bonds. The molecule has 2 N–H and O–H groups in total. The molecule has 2 atom stereocenters. The van der Waals surface area contributed by atoms with Crippen LogP contribution in [0.1, 0.15) is 84.5 Å². The summed E-state index contributed by atoms with van der Waals surface area (Å²) in [5, 5.41) is 8.42. The Kier molecular flexibility index (Phi) is 10.9. The zero-order valence-electron chi connectivity index (χ0n) is 30.9. The molecule has 0 saturated carbocycles. The van der Waals surface area contributed by atoms with Gasteiger partial charge < -0.3 is 19.8 Å². The van der Waals surface area contributed by atoms with E-state index in [0.29, 0.717) is 12.8 Å². The molecular formula is C44H46N6O2S2. The van der Waals surface area contributed by atoms with Crippen LogP contribution in [0.15, 0.2) is 82.4 Å². The Morgan fingerprint density at radius 3 is 1.74 bits per heavy atom. The summed E-state index contributed by atoms with van der Waals surface area (Å²) in [7, 11) is 0. The van der Waals surface area contributed by atoms with Gasteiger partial charge in [0.05, 0.1) is 35.9 Å². The van der Waals surface area contributed by atoms with Gasteiger partial charge in [0.1, 0.15) is 11.6 Å². The first-order valence-electron chi connectivity index (χ1n) is 19.0. The minimum absolute atomic E-state index is 0.0139. The lowest BCUT2D eigenvalue weighted by Gasteiger charge is -2.23. The van der Waals surface area contributed by atoms with Gasteiger partial charge in [-0.1, -0.05) is 36.4 Å². The Labute approximate surface area is 325 Å². The number of benzene rings is 2. The first kappa shape index (κ1) is 36.2. The Bertz CT molecular complexity index is 2180. The molecule has 10 heteroatoms. The Morgan fingerprint density at radius 2 is 1.19 bits per heavy atom. The summed E-state index contributed by atoms with van der Waals surface area (Å²) >= 11 is 3.38. The molecule has 2 radical (unpaired) electrons. The van der Waals surface area contributed by atoms with Crippen molar-refractivity contribution in [2.75, 3.05) is 13.1 Å². The summed E-state index contributed by atoms with van der Waals surface area (Å²) in [6, 6.07) is 17.2. The normalized spacial score (nSPS) is 17.1. The van der Waals surface area contributed by atoms with Crippen LogP contribution in [0.2, 0.25) is 0 Å². The van der Waals surface area contributed by atoms with E-state index in [0.717, 1.165) is 91.3 Å². The van der Waals surface area contributed by atoms with E-state index in [1.54, 1.807) is 22.7 Å². The van der Waals surface area contributed by atoms with Crippen LogP contribution in [0.5, 0.6) is 0 Å². The van der Waals surface area contributed by atoms with Gasteiger partial charge in [-0.25, -0.2) is 9.97 Å². The standard InChI is InChI=1S/C44H46N6O2S2/c1-29-30(2)36(38-26-46-44(48-38)40-10-6-22-50(40)42(52)12-4-8-32-20-24-54-28-32)18-17-35(29)33-13-15-34(16-14-33)37-25-45-43(47-37)39-9-5-21-49(39)41(51)11-3-7-31-19-23-53-27-31/h3-4,13-20,23-28,39-40H,5-12,21-22H2,1-2H3,(H,45,47)(H,46,48)/t39?,40-/m0/s1. The van der Waals surface area contributed by atoms with E-state index in [1.165, 1.54) is 27.8 Å². The van der Waals surface area contributed by atoms with Crippen molar-refractivity contribution < 1.29 is 9.59 Å². The molecule has 8 rings (SSSR count). The quantitative estimate of drug-likeness (QED) is 0.123. The van der Waals surface area contributed by atoms with Gasteiger partial charge in [0.2, 0.25) is 11.8 Å². The van der Waals surface area contributed by atoms with Gasteiger partial charge >= 0.3 is 0 Å². The number of carbonyl (C=O) groups excluding carboxylic acids is 2. The number of rotatable bonds is 13. The molecule has 54 heavy (non-hydrogen) atoms. The van der Waals surface area contributed by atoms with E-state index < -0.39 is 0 Å². The van der Waals surface area contributed by atoms with Crippen molar-refractivity contribution in [3.05, 3.63) is 129 Å². The fourth-order valence-corrected chi connectivity index (χ4v) is 9.39. The first-order chi connectivity index (χ1) is 26.4. The molecule has 1 unspecified atom stereocenters. The van der Waals surface area contributed by atoms with Crippen molar-refractivity contribution >= 4 is 34.5 Å². The summed E-state index contributed by atoms with van der Waals surface area (Å²) in [6.07, 6.45) is 14.3. The van der Waals surface area contributed by atoms with Gasteiger partial charge in [-0.2, -0.15) is 22.7 Å². The van der Waals surface area contributed by atoms with Crippen LogP contribution in [0.3, 0.4) is 0 Å². The number of nitrogens with zero attached hydrogens (tertiary/aromatic N) is 4. The molecule has 6 heterocycles. The molecule has 2 fully saturated rings. The van der Waals surface area contributed by atoms with Gasteiger partial charge in [0.25, 0.3) is 0 Å². The van der Waals surface area contributed by atoms with Crippen molar-refractivity contribution in [1.29, 1.82) is 0 Å². The van der Waals surface area contributed by atoms with Gasteiger partial charge in [-0.05, 0) is 138 Å². The van der Waals surface area contributed by atoms with Gasteiger partial charge in [-0.3, -0.25) is 9.59 Å². The Morgan fingerprint density at radius 1 is 0.685 bits per heavy atom. The van der Waals surface area contributed by atoms with Crippen LogP contribution < -0.4 is 0 Å². The maximum Gasteiger partial charge on any atom is 0.223 e. The number of hydrogen-bond donors (Lipinski definition) is 2. The van der Waals surface area contributed by atoms with E-state index in [1.807, 2.05) is 22.2 Å². The van der Waals surface area contributed by atoms with Crippen molar-refractivity contribution in [3.63, 3.8) is 0 Å². The third kappa shape index (κ3) is 7.72. The van der Waals surface area contributed by atoms with Crippen LogP contribution in [0, 0.1) is 26.7 Å². The summed E-state index contributed by atoms with van der Waals surface area (Å²) in [5.74, 6) is 2.06. The van der Waals surface area contributed by atoms with Crippen molar-refractivity contribution in [2.45, 2.75) is 77.3 Å². The third-order valence-electron chi connectivity index (χ3n) is 11.1. The van der Waals surface area contributed by atoms with Crippen LogP contribution >= 0.6 is 22.7 Å². The molecule has 4 aromatic heterocycles. The number of H-pyrrole nitrogens is 2. The highest BCUT2D eigenvalue weighted by atomic mass is 32.1. The van der Waals surface area contributed by atoms with Crippen molar-refractivity contribution in [1.82, 2.24) is 29.7 Å².